The Morgan fingerprint density at radius 1 is 1.30 bits per heavy atom. The molecule has 6 heteroatoms. The van der Waals surface area contributed by atoms with Crippen LogP contribution in [-0.2, 0) is 13.5 Å². The molecule has 0 amide bonds. The fourth-order valence-electron chi connectivity index (χ4n) is 2.18. The fraction of sp³-hybridized carbons (Fsp3) is 0.429. The fourth-order valence-corrected chi connectivity index (χ4v) is 2.18. The highest BCUT2D eigenvalue weighted by atomic mass is 16.5. The summed E-state index contributed by atoms with van der Waals surface area (Å²) in [5.74, 6) is 1.63. The minimum absolute atomic E-state index is 0.0803. The van der Waals surface area contributed by atoms with Gasteiger partial charge in [0.2, 0.25) is 0 Å². The van der Waals surface area contributed by atoms with Gasteiger partial charge in [-0.15, -0.1) is 5.10 Å². The maximum absolute atomic E-state index is 5.43. The molecule has 1 aromatic carbocycles. The quantitative estimate of drug-likeness (QED) is 0.862. The van der Waals surface area contributed by atoms with Crippen molar-refractivity contribution >= 4 is 0 Å². The van der Waals surface area contributed by atoms with Crippen LogP contribution in [-0.4, -0.2) is 36.3 Å². The summed E-state index contributed by atoms with van der Waals surface area (Å²) in [4.78, 5) is 0. The van der Waals surface area contributed by atoms with E-state index < -0.39 is 0 Å². The number of methoxy groups -OCH3 is 2. The van der Waals surface area contributed by atoms with Gasteiger partial charge in [-0.1, -0.05) is 5.21 Å². The van der Waals surface area contributed by atoms with Crippen LogP contribution in [0.4, 0.5) is 0 Å². The van der Waals surface area contributed by atoms with E-state index in [-0.39, 0.29) is 6.04 Å². The summed E-state index contributed by atoms with van der Waals surface area (Å²) < 4.78 is 12.4. The molecule has 6 nitrogen and oxygen atoms in total. The molecule has 1 unspecified atom stereocenters. The maximum atomic E-state index is 5.43. The average Bonchev–Trinajstić information content (AvgIpc) is 2.89. The topological polar surface area (TPSA) is 61.2 Å². The Labute approximate surface area is 118 Å². The van der Waals surface area contributed by atoms with E-state index in [2.05, 4.69) is 15.6 Å². The van der Waals surface area contributed by atoms with Crippen LogP contribution in [0.5, 0.6) is 11.5 Å². The number of hydrogen-bond acceptors (Lipinski definition) is 5. The first kappa shape index (κ1) is 14.3. The molecule has 0 bridgehead atoms. The first-order valence-electron chi connectivity index (χ1n) is 6.42. The van der Waals surface area contributed by atoms with Gasteiger partial charge in [0.05, 0.1) is 19.9 Å². The summed E-state index contributed by atoms with van der Waals surface area (Å²) in [7, 11) is 7.10. The number of nitrogens with zero attached hydrogens (tertiary/aromatic N) is 3. The normalized spacial score (nSPS) is 12.2. The van der Waals surface area contributed by atoms with Crippen LogP contribution in [0.15, 0.2) is 24.4 Å². The van der Waals surface area contributed by atoms with E-state index in [0.717, 1.165) is 29.2 Å². The number of benzene rings is 1. The molecule has 0 spiro atoms. The number of aromatic nitrogens is 3. The summed E-state index contributed by atoms with van der Waals surface area (Å²) in [5.41, 5.74) is 1.97. The molecule has 20 heavy (non-hydrogen) atoms. The van der Waals surface area contributed by atoms with E-state index in [1.54, 1.807) is 18.9 Å². The molecule has 0 saturated carbocycles. The van der Waals surface area contributed by atoms with Crippen LogP contribution in [0.2, 0.25) is 0 Å². The molecule has 0 radical (unpaired) electrons. The number of nitrogens with one attached hydrogen (secondary N) is 1. The predicted octanol–water partition coefficient (Wildman–Crippen LogP) is 1.34. The lowest BCUT2D eigenvalue weighted by Gasteiger charge is -2.19. The highest BCUT2D eigenvalue weighted by Crippen LogP contribution is 2.30. The van der Waals surface area contributed by atoms with Gasteiger partial charge in [0.25, 0.3) is 0 Å². The molecule has 0 fully saturated rings. The summed E-state index contributed by atoms with van der Waals surface area (Å²) in [6, 6.07) is 5.86. The molecule has 1 aromatic heterocycles. The molecule has 0 aliphatic carbocycles. The molecule has 2 aromatic rings. The molecule has 2 rings (SSSR count). The molecule has 108 valence electrons. The van der Waals surface area contributed by atoms with Crippen LogP contribution in [0.25, 0.3) is 0 Å². The Bertz CT molecular complexity index is 568. The summed E-state index contributed by atoms with van der Waals surface area (Å²) in [6.45, 7) is 0. The first-order chi connectivity index (χ1) is 9.67. The Hall–Kier alpha value is -2.08. The molecular formula is C14H20N4O2. The van der Waals surface area contributed by atoms with E-state index in [1.165, 1.54) is 0 Å². The van der Waals surface area contributed by atoms with E-state index >= 15 is 0 Å². The van der Waals surface area contributed by atoms with Gasteiger partial charge in [-0.2, -0.15) is 0 Å². The van der Waals surface area contributed by atoms with Crippen LogP contribution < -0.4 is 14.8 Å². The zero-order valence-electron chi connectivity index (χ0n) is 12.3. The van der Waals surface area contributed by atoms with Gasteiger partial charge in [0, 0.05) is 31.3 Å². The van der Waals surface area contributed by atoms with Gasteiger partial charge >= 0.3 is 0 Å². The first-order valence-corrected chi connectivity index (χ1v) is 6.42. The minimum atomic E-state index is 0.0803. The molecule has 1 N–H and O–H groups in total. The zero-order valence-corrected chi connectivity index (χ0v) is 12.3. The monoisotopic (exact) mass is 276 g/mol. The number of aryl methyl sites for hydroxylation is 1. The number of rotatable bonds is 6. The Kier molecular flexibility index (Phi) is 4.57. The minimum Gasteiger partial charge on any atom is -0.497 e. The summed E-state index contributed by atoms with van der Waals surface area (Å²) in [6.07, 6.45) is 2.64. The van der Waals surface area contributed by atoms with Crippen LogP contribution in [0.3, 0.4) is 0 Å². The number of hydrogen-bond donors (Lipinski definition) is 1. The largest absolute Gasteiger partial charge is 0.497 e. The third kappa shape index (κ3) is 3.08. The van der Waals surface area contributed by atoms with Crippen molar-refractivity contribution in [2.75, 3.05) is 21.3 Å². The molecule has 1 heterocycles. The highest BCUT2D eigenvalue weighted by molar-refractivity contribution is 5.42. The SMILES string of the molecule is CNC(Cc1cn(C)nn1)c1cc(OC)ccc1OC. The predicted molar refractivity (Wildman–Crippen MR) is 76.1 cm³/mol. The van der Waals surface area contributed by atoms with Crippen molar-refractivity contribution in [2.24, 2.45) is 7.05 Å². The lowest BCUT2D eigenvalue weighted by molar-refractivity contribution is 0.391. The number of ether oxygens (including phenoxy) is 2. The van der Waals surface area contributed by atoms with E-state index in [0.29, 0.717) is 0 Å². The van der Waals surface area contributed by atoms with Gasteiger partial charge in [-0.25, -0.2) is 0 Å². The van der Waals surface area contributed by atoms with Gasteiger partial charge in [0.1, 0.15) is 11.5 Å². The van der Waals surface area contributed by atoms with Crippen molar-refractivity contribution in [1.29, 1.82) is 0 Å². The average molecular weight is 276 g/mol. The van der Waals surface area contributed by atoms with Crippen molar-refractivity contribution in [3.63, 3.8) is 0 Å². The second kappa shape index (κ2) is 6.38. The van der Waals surface area contributed by atoms with Crippen molar-refractivity contribution < 1.29 is 9.47 Å². The Balaban J connectivity index is 2.30. The van der Waals surface area contributed by atoms with Crippen molar-refractivity contribution in [3.8, 4) is 11.5 Å². The van der Waals surface area contributed by atoms with E-state index in [4.69, 9.17) is 9.47 Å². The lowest BCUT2D eigenvalue weighted by atomic mass is 10.0. The standard InChI is InChI=1S/C14H20N4O2/c1-15-13(7-10-9-18(2)17-16-10)12-8-11(19-3)5-6-14(12)20-4/h5-6,8-9,13,15H,7H2,1-4H3. The van der Waals surface area contributed by atoms with E-state index in [1.807, 2.05) is 38.5 Å². The smallest absolute Gasteiger partial charge is 0.123 e. The maximum Gasteiger partial charge on any atom is 0.123 e. The molecule has 0 aliphatic rings. The van der Waals surface area contributed by atoms with Crippen molar-refractivity contribution in [2.45, 2.75) is 12.5 Å². The van der Waals surface area contributed by atoms with Crippen molar-refractivity contribution in [1.82, 2.24) is 20.3 Å². The van der Waals surface area contributed by atoms with Crippen LogP contribution >= 0.6 is 0 Å². The molecule has 1 atom stereocenters. The second-order valence-electron chi connectivity index (χ2n) is 4.54. The van der Waals surface area contributed by atoms with Crippen LogP contribution in [0, 0.1) is 0 Å². The van der Waals surface area contributed by atoms with Crippen LogP contribution in [0.1, 0.15) is 17.3 Å². The second-order valence-corrected chi connectivity index (χ2v) is 4.54. The summed E-state index contributed by atoms with van der Waals surface area (Å²) >= 11 is 0. The van der Waals surface area contributed by atoms with Gasteiger partial charge < -0.3 is 14.8 Å². The zero-order chi connectivity index (χ0) is 14.5. The molecular weight excluding hydrogens is 256 g/mol. The Morgan fingerprint density at radius 3 is 2.65 bits per heavy atom. The number of likely N-dealkylation sites (N-methyl/N-ethyl adjacent to an activating group) is 1. The van der Waals surface area contributed by atoms with Crippen molar-refractivity contribution in [3.05, 3.63) is 35.7 Å². The highest BCUT2D eigenvalue weighted by Gasteiger charge is 2.17. The molecule has 0 aliphatic heterocycles. The van der Waals surface area contributed by atoms with Gasteiger partial charge in [-0.3, -0.25) is 4.68 Å². The van der Waals surface area contributed by atoms with Gasteiger partial charge in [0.15, 0.2) is 0 Å². The lowest BCUT2D eigenvalue weighted by Crippen LogP contribution is -2.20. The molecule has 0 saturated heterocycles. The van der Waals surface area contributed by atoms with Gasteiger partial charge in [-0.05, 0) is 25.2 Å². The Morgan fingerprint density at radius 2 is 2.10 bits per heavy atom. The summed E-state index contributed by atoms with van der Waals surface area (Å²) in [5, 5.41) is 11.4. The van der Waals surface area contributed by atoms with E-state index in [9.17, 15) is 0 Å². The third-order valence-corrected chi connectivity index (χ3v) is 3.22. The third-order valence-electron chi connectivity index (χ3n) is 3.22.